The molecule has 1 unspecified atom stereocenters. The average Bonchev–Trinajstić information content (AvgIpc) is 2.35. The third-order valence-electron chi connectivity index (χ3n) is 3.06. The van der Waals surface area contributed by atoms with Crippen LogP contribution in [0.5, 0.6) is 5.75 Å². The smallest absolute Gasteiger partial charge is 0.254 e. The summed E-state index contributed by atoms with van der Waals surface area (Å²) in [6.07, 6.45) is -0.483. The number of nitrogens with zero attached hydrogens (tertiary/aromatic N) is 1. The van der Waals surface area contributed by atoms with Crippen LogP contribution in [0.1, 0.15) is 5.56 Å². The summed E-state index contributed by atoms with van der Waals surface area (Å²) in [6, 6.07) is 5.25. The van der Waals surface area contributed by atoms with E-state index in [2.05, 4.69) is 5.32 Å². The molecule has 0 spiro atoms. The molecule has 5 nitrogen and oxygen atoms in total. The fraction of sp³-hybridized carbons (Fsp3) is 0.462. The van der Waals surface area contributed by atoms with Gasteiger partial charge in [0.05, 0.1) is 12.3 Å². The van der Waals surface area contributed by atoms with Gasteiger partial charge < -0.3 is 20.1 Å². The number of aromatic hydroxyl groups is 1. The topological polar surface area (TPSA) is 61.8 Å². The highest BCUT2D eigenvalue weighted by Gasteiger charge is 2.25. The van der Waals surface area contributed by atoms with Gasteiger partial charge in [0, 0.05) is 13.1 Å². The number of hydrogen-bond donors (Lipinski definition) is 2. The molecule has 0 saturated carbocycles. The highest BCUT2D eigenvalue weighted by molar-refractivity contribution is 5.95. The summed E-state index contributed by atoms with van der Waals surface area (Å²) < 4.78 is 5.42. The van der Waals surface area contributed by atoms with Gasteiger partial charge in [0.1, 0.15) is 11.9 Å². The Bertz CT molecular complexity index is 448. The molecule has 1 amide bonds. The zero-order valence-corrected chi connectivity index (χ0v) is 10.6. The van der Waals surface area contributed by atoms with Gasteiger partial charge in [0.25, 0.3) is 5.91 Å². The van der Waals surface area contributed by atoms with Gasteiger partial charge in [0.2, 0.25) is 0 Å². The number of likely N-dealkylation sites (N-methyl/N-ethyl adjacent to an activating group) is 1. The molecule has 18 heavy (non-hydrogen) atoms. The van der Waals surface area contributed by atoms with Gasteiger partial charge in [-0.25, -0.2) is 0 Å². The summed E-state index contributed by atoms with van der Waals surface area (Å²) in [5.41, 5.74) is 1.16. The lowest BCUT2D eigenvalue weighted by atomic mass is 10.2. The second-order valence-corrected chi connectivity index (χ2v) is 4.58. The van der Waals surface area contributed by atoms with Gasteiger partial charge in [0.15, 0.2) is 0 Å². The normalized spacial score (nSPS) is 20.7. The number of benzene rings is 1. The summed E-state index contributed by atoms with van der Waals surface area (Å²) in [5.74, 6) is -0.113. The van der Waals surface area contributed by atoms with Crippen LogP contribution >= 0.6 is 0 Å². The van der Waals surface area contributed by atoms with Crippen LogP contribution in [0.3, 0.4) is 0 Å². The van der Waals surface area contributed by atoms with E-state index >= 15 is 0 Å². The fourth-order valence-electron chi connectivity index (χ4n) is 1.91. The number of aryl methyl sites for hydroxylation is 1. The van der Waals surface area contributed by atoms with Gasteiger partial charge in [-0.05, 0) is 25.6 Å². The number of morpholine rings is 1. The molecule has 1 aliphatic heterocycles. The van der Waals surface area contributed by atoms with E-state index in [4.69, 9.17) is 4.74 Å². The first-order valence-electron chi connectivity index (χ1n) is 5.97. The molecule has 98 valence electrons. The van der Waals surface area contributed by atoms with Crippen molar-refractivity contribution in [2.24, 2.45) is 0 Å². The SMILES string of the molecule is Cc1cccc(NC(=O)C2CN(C)CCO2)c1O. The van der Waals surface area contributed by atoms with Gasteiger partial charge >= 0.3 is 0 Å². The number of anilines is 1. The zero-order chi connectivity index (χ0) is 13.1. The number of carbonyl (C=O) groups is 1. The monoisotopic (exact) mass is 250 g/mol. The maximum atomic E-state index is 12.0. The molecule has 0 bridgehead atoms. The van der Waals surface area contributed by atoms with Crippen molar-refractivity contribution in [3.05, 3.63) is 23.8 Å². The quantitative estimate of drug-likeness (QED) is 0.768. The molecule has 1 heterocycles. The van der Waals surface area contributed by atoms with E-state index in [0.29, 0.717) is 18.8 Å². The van der Waals surface area contributed by atoms with Crippen LogP contribution in [0.15, 0.2) is 18.2 Å². The standard InChI is InChI=1S/C13H18N2O3/c1-9-4-3-5-10(12(9)16)14-13(17)11-8-15(2)6-7-18-11/h3-5,11,16H,6-8H2,1-2H3,(H,14,17). The second kappa shape index (κ2) is 5.37. The maximum absolute atomic E-state index is 12.0. The predicted octanol–water partition coefficient (Wildman–Crippen LogP) is 0.970. The molecule has 1 aromatic carbocycles. The molecule has 5 heteroatoms. The highest BCUT2D eigenvalue weighted by atomic mass is 16.5. The Morgan fingerprint density at radius 3 is 3.06 bits per heavy atom. The fourth-order valence-corrected chi connectivity index (χ4v) is 1.91. The number of phenolic OH excluding ortho intramolecular Hbond substituents is 1. The first-order valence-corrected chi connectivity index (χ1v) is 5.97. The number of para-hydroxylation sites is 1. The first kappa shape index (κ1) is 12.9. The van der Waals surface area contributed by atoms with Crippen LogP contribution in [-0.2, 0) is 9.53 Å². The van der Waals surface area contributed by atoms with Crippen molar-refractivity contribution in [2.45, 2.75) is 13.0 Å². The third-order valence-corrected chi connectivity index (χ3v) is 3.06. The number of amides is 1. The Morgan fingerprint density at radius 2 is 2.33 bits per heavy atom. The molecule has 2 N–H and O–H groups in total. The van der Waals surface area contributed by atoms with E-state index in [9.17, 15) is 9.90 Å². The summed E-state index contributed by atoms with van der Waals surface area (Å²) in [7, 11) is 1.95. The Balaban J connectivity index is 2.04. The minimum Gasteiger partial charge on any atom is -0.505 e. The van der Waals surface area contributed by atoms with Crippen molar-refractivity contribution in [1.82, 2.24) is 4.90 Å². The summed E-state index contributed by atoms with van der Waals surface area (Å²) in [5, 5.41) is 12.5. The number of carbonyl (C=O) groups excluding carboxylic acids is 1. The molecule has 0 radical (unpaired) electrons. The first-order chi connectivity index (χ1) is 8.58. The van der Waals surface area contributed by atoms with Crippen molar-refractivity contribution < 1.29 is 14.6 Å². The van der Waals surface area contributed by atoms with Gasteiger partial charge in [-0.1, -0.05) is 12.1 Å². The zero-order valence-electron chi connectivity index (χ0n) is 10.6. The molecular weight excluding hydrogens is 232 g/mol. The van der Waals surface area contributed by atoms with Gasteiger partial charge in [-0.3, -0.25) is 4.79 Å². The number of ether oxygens (including phenoxy) is 1. The molecule has 0 aromatic heterocycles. The maximum Gasteiger partial charge on any atom is 0.254 e. The van der Waals surface area contributed by atoms with Crippen molar-refractivity contribution in [1.29, 1.82) is 0 Å². The molecule has 1 fully saturated rings. The van der Waals surface area contributed by atoms with Crippen LogP contribution in [0.4, 0.5) is 5.69 Å². The van der Waals surface area contributed by atoms with Crippen molar-refractivity contribution in [3.8, 4) is 5.75 Å². The Kier molecular flexibility index (Phi) is 3.84. The minimum atomic E-state index is -0.483. The van der Waals surface area contributed by atoms with Crippen LogP contribution < -0.4 is 5.32 Å². The largest absolute Gasteiger partial charge is 0.505 e. The van der Waals surface area contributed by atoms with E-state index in [-0.39, 0.29) is 11.7 Å². The highest BCUT2D eigenvalue weighted by Crippen LogP contribution is 2.26. The summed E-state index contributed by atoms with van der Waals surface area (Å²) in [4.78, 5) is 14.0. The van der Waals surface area contributed by atoms with Crippen LogP contribution in [0.2, 0.25) is 0 Å². The van der Waals surface area contributed by atoms with Crippen LogP contribution in [0.25, 0.3) is 0 Å². The molecule has 1 atom stereocenters. The number of rotatable bonds is 2. The summed E-state index contributed by atoms with van der Waals surface area (Å²) >= 11 is 0. The Labute approximate surface area is 106 Å². The third kappa shape index (κ3) is 2.80. The lowest BCUT2D eigenvalue weighted by Crippen LogP contribution is -2.46. The number of hydrogen-bond acceptors (Lipinski definition) is 4. The minimum absolute atomic E-state index is 0.106. The van der Waals surface area contributed by atoms with E-state index in [1.807, 2.05) is 11.9 Å². The van der Waals surface area contributed by atoms with Crippen molar-refractivity contribution >= 4 is 11.6 Å². The lowest BCUT2D eigenvalue weighted by molar-refractivity contribution is -0.132. The van der Waals surface area contributed by atoms with Gasteiger partial charge in [-0.2, -0.15) is 0 Å². The van der Waals surface area contributed by atoms with E-state index < -0.39 is 6.10 Å². The predicted molar refractivity (Wildman–Crippen MR) is 68.7 cm³/mol. The van der Waals surface area contributed by atoms with E-state index in [1.165, 1.54) is 0 Å². The number of nitrogens with one attached hydrogen (secondary N) is 1. The van der Waals surface area contributed by atoms with E-state index in [0.717, 1.165) is 12.1 Å². The molecule has 1 saturated heterocycles. The second-order valence-electron chi connectivity index (χ2n) is 4.58. The summed E-state index contributed by atoms with van der Waals surface area (Å²) in [6.45, 7) is 3.74. The van der Waals surface area contributed by atoms with Crippen LogP contribution in [-0.4, -0.2) is 48.8 Å². The Morgan fingerprint density at radius 1 is 1.56 bits per heavy atom. The molecule has 0 aliphatic carbocycles. The van der Waals surface area contributed by atoms with Crippen molar-refractivity contribution in [2.75, 3.05) is 32.1 Å². The van der Waals surface area contributed by atoms with Crippen LogP contribution in [0, 0.1) is 6.92 Å². The molecular formula is C13H18N2O3. The average molecular weight is 250 g/mol. The lowest BCUT2D eigenvalue weighted by Gasteiger charge is -2.29. The van der Waals surface area contributed by atoms with E-state index in [1.54, 1.807) is 25.1 Å². The number of phenols is 1. The molecule has 1 aromatic rings. The van der Waals surface area contributed by atoms with Gasteiger partial charge in [-0.15, -0.1) is 0 Å². The molecule has 2 rings (SSSR count). The Hall–Kier alpha value is -1.59. The molecule has 1 aliphatic rings. The van der Waals surface area contributed by atoms with Crippen molar-refractivity contribution in [3.63, 3.8) is 0 Å².